The third-order valence-corrected chi connectivity index (χ3v) is 6.96. The molecule has 22 heavy (non-hydrogen) atoms. The lowest BCUT2D eigenvalue weighted by molar-refractivity contribution is -0.0668. The normalized spacial score (nSPS) is 29.7. The Kier molecular flexibility index (Phi) is 4.05. The van der Waals surface area contributed by atoms with E-state index in [4.69, 9.17) is 9.47 Å². The maximum atomic E-state index is 13.2. The smallest absolute Gasteiger partial charge is 0.247 e. The molecule has 0 spiro atoms. The number of aryl methyl sites for hydroxylation is 2. The summed E-state index contributed by atoms with van der Waals surface area (Å²) in [4.78, 5) is 0.330. The van der Waals surface area contributed by atoms with Crippen molar-refractivity contribution in [1.82, 2.24) is 14.1 Å². The van der Waals surface area contributed by atoms with Crippen molar-refractivity contribution in [3.63, 3.8) is 0 Å². The molecule has 1 aromatic heterocycles. The van der Waals surface area contributed by atoms with Crippen LogP contribution in [0.5, 0.6) is 0 Å². The number of hydrogen-bond acceptors (Lipinski definition) is 5. The maximum Gasteiger partial charge on any atom is 0.247 e. The van der Waals surface area contributed by atoms with Gasteiger partial charge in [0.15, 0.2) is 0 Å². The van der Waals surface area contributed by atoms with Crippen LogP contribution in [0.15, 0.2) is 4.90 Å². The average molecular weight is 329 g/mol. The van der Waals surface area contributed by atoms with Crippen molar-refractivity contribution in [2.24, 2.45) is 7.05 Å². The first kappa shape index (κ1) is 15.9. The minimum atomic E-state index is -3.57. The van der Waals surface area contributed by atoms with E-state index < -0.39 is 10.0 Å². The Morgan fingerprint density at radius 2 is 2.05 bits per heavy atom. The van der Waals surface area contributed by atoms with Crippen LogP contribution >= 0.6 is 0 Å². The first-order valence-electron chi connectivity index (χ1n) is 7.54. The molecule has 0 aromatic carbocycles. The summed E-state index contributed by atoms with van der Waals surface area (Å²) < 4.78 is 40.7. The number of aromatic nitrogens is 2. The summed E-state index contributed by atoms with van der Waals surface area (Å²) in [7, 11) is -0.154. The van der Waals surface area contributed by atoms with Gasteiger partial charge in [0.1, 0.15) is 11.0 Å². The predicted octanol–water partition coefficient (Wildman–Crippen LogP) is 0.604. The standard InChI is InChI=1S/C14H23N3O4S/c1-9-14(10(2)16(3)15-9)22(18,19)17-7-5-12(20-4)13-11(17)6-8-21-13/h11-13H,5-8H2,1-4H3/t11-,12-,13-/m0/s1. The van der Waals surface area contributed by atoms with Crippen LogP contribution in [0.3, 0.4) is 0 Å². The van der Waals surface area contributed by atoms with Crippen LogP contribution in [0, 0.1) is 13.8 Å². The fourth-order valence-electron chi connectivity index (χ4n) is 3.64. The zero-order valence-electron chi connectivity index (χ0n) is 13.4. The highest BCUT2D eigenvalue weighted by atomic mass is 32.2. The molecular formula is C14H23N3O4S. The van der Waals surface area contributed by atoms with E-state index in [0.717, 1.165) is 0 Å². The Balaban J connectivity index is 1.99. The van der Waals surface area contributed by atoms with Crippen LogP contribution in [0.2, 0.25) is 0 Å². The van der Waals surface area contributed by atoms with Crippen molar-refractivity contribution in [1.29, 1.82) is 0 Å². The molecule has 0 radical (unpaired) electrons. The summed E-state index contributed by atoms with van der Waals surface area (Å²) in [6.07, 6.45) is 1.15. The average Bonchev–Trinajstić information content (AvgIpc) is 3.03. The fraction of sp³-hybridized carbons (Fsp3) is 0.786. The third-order valence-electron chi connectivity index (χ3n) is 4.79. The van der Waals surface area contributed by atoms with Gasteiger partial charge in [0, 0.05) is 27.3 Å². The second kappa shape index (κ2) is 5.59. The van der Waals surface area contributed by atoms with Crippen molar-refractivity contribution in [3.8, 4) is 0 Å². The second-order valence-electron chi connectivity index (χ2n) is 5.99. The minimum absolute atomic E-state index is 0.0324. The molecule has 2 aliphatic rings. The van der Waals surface area contributed by atoms with Crippen LogP contribution in [-0.2, 0) is 26.5 Å². The van der Waals surface area contributed by atoms with E-state index in [-0.39, 0.29) is 18.2 Å². The summed E-state index contributed by atoms with van der Waals surface area (Å²) in [5.41, 5.74) is 1.21. The summed E-state index contributed by atoms with van der Waals surface area (Å²) >= 11 is 0. The Morgan fingerprint density at radius 3 is 2.64 bits per heavy atom. The van der Waals surface area contributed by atoms with Gasteiger partial charge in [-0.1, -0.05) is 0 Å². The maximum absolute atomic E-state index is 13.2. The Hall–Kier alpha value is -0.960. The Morgan fingerprint density at radius 1 is 1.32 bits per heavy atom. The summed E-state index contributed by atoms with van der Waals surface area (Å²) in [6.45, 7) is 4.56. The number of piperidine rings is 1. The molecule has 2 aliphatic heterocycles. The summed E-state index contributed by atoms with van der Waals surface area (Å²) in [6, 6.07) is -0.150. The molecule has 3 heterocycles. The van der Waals surface area contributed by atoms with Crippen LogP contribution in [-0.4, -0.2) is 61.0 Å². The number of sulfonamides is 1. The molecule has 7 nitrogen and oxygen atoms in total. The molecule has 0 saturated carbocycles. The van der Waals surface area contributed by atoms with Gasteiger partial charge < -0.3 is 9.47 Å². The van der Waals surface area contributed by atoms with E-state index in [2.05, 4.69) is 5.10 Å². The molecular weight excluding hydrogens is 306 g/mol. The number of hydrogen-bond donors (Lipinski definition) is 0. The Bertz CT molecular complexity index is 670. The van der Waals surface area contributed by atoms with E-state index >= 15 is 0 Å². The number of fused-ring (bicyclic) bond motifs is 1. The van der Waals surface area contributed by atoms with E-state index in [1.165, 1.54) is 0 Å². The zero-order valence-corrected chi connectivity index (χ0v) is 14.3. The molecule has 3 rings (SSSR count). The molecule has 0 aliphatic carbocycles. The highest BCUT2D eigenvalue weighted by Crippen LogP contribution is 2.35. The largest absolute Gasteiger partial charge is 0.379 e. The van der Waals surface area contributed by atoms with Gasteiger partial charge in [-0.3, -0.25) is 4.68 Å². The van der Waals surface area contributed by atoms with Crippen molar-refractivity contribution in [2.45, 2.75) is 49.8 Å². The molecule has 8 heteroatoms. The topological polar surface area (TPSA) is 73.7 Å². The lowest BCUT2D eigenvalue weighted by Gasteiger charge is -2.39. The number of ether oxygens (including phenoxy) is 2. The van der Waals surface area contributed by atoms with Gasteiger partial charge >= 0.3 is 0 Å². The van der Waals surface area contributed by atoms with E-state index in [9.17, 15) is 8.42 Å². The van der Waals surface area contributed by atoms with Gasteiger partial charge in [-0.15, -0.1) is 0 Å². The zero-order chi connectivity index (χ0) is 16.1. The first-order valence-corrected chi connectivity index (χ1v) is 8.98. The van der Waals surface area contributed by atoms with Gasteiger partial charge in [-0.05, 0) is 26.7 Å². The SMILES string of the molecule is CO[C@H]1CCN(S(=O)(=O)c2c(C)nn(C)c2C)[C@H]2CCO[C@H]12. The lowest BCUT2D eigenvalue weighted by Crippen LogP contribution is -2.55. The van der Waals surface area contributed by atoms with Crippen LogP contribution in [0.4, 0.5) is 0 Å². The van der Waals surface area contributed by atoms with Crippen molar-refractivity contribution in [2.75, 3.05) is 20.3 Å². The molecule has 2 saturated heterocycles. The molecule has 1 aromatic rings. The minimum Gasteiger partial charge on any atom is -0.379 e. The number of nitrogens with zero attached hydrogens (tertiary/aromatic N) is 3. The molecule has 0 amide bonds. The van der Waals surface area contributed by atoms with Crippen LogP contribution < -0.4 is 0 Å². The van der Waals surface area contributed by atoms with Crippen molar-refractivity contribution in [3.05, 3.63) is 11.4 Å². The molecule has 0 bridgehead atoms. The van der Waals surface area contributed by atoms with E-state index in [1.54, 1.807) is 37.0 Å². The van der Waals surface area contributed by atoms with Gasteiger partial charge in [-0.2, -0.15) is 9.40 Å². The summed E-state index contributed by atoms with van der Waals surface area (Å²) in [5, 5.41) is 4.24. The highest BCUT2D eigenvalue weighted by molar-refractivity contribution is 7.89. The number of rotatable bonds is 3. The third kappa shape index (κ3) is 2.29. The lowest BCUT2D eigenvalue weighted by atomic mass is 9.98. The monoisotopic (exact) mass is 329 g/mol. The van der Waals surface area contributed by atoms with Gasteiger partial charge in [0.05, 0.1) is 23.5 Å². The Labute approximate surface area is 131 Å². The molecule has 2 fully saturated rings. The number of methoxy groups -OCH3 is 1. The van der Waals surface area contributed by atoms with Crippen LogP contribution in [0.1, 0.15) is 24.2 Å². The molecule has 0 unspecified atom stereocenters. The van der Waals surface area contributed by atoms with Crippen LogP contribution in [0.25, 0.3) is 0 Å². The molecule has 3 atom stereocenters. The van der Waals surface area contributed by atoms with Gasteiger partial charge in [-0.25, -0.2) is 8.42 Å². The quantitative estimate of drug-likeness (QED) is 0.812. The highest BCUT2D eigenvalue weighted by Gasteiger charge is 2.48. The molecule has 124 valence electrons. The van der Waals surface area contributed by atoms with Gasteiger partial charge in [0.2, 0.25) is 10.0 Å². The van der Waals surface area contributed by atoms with E-state index in [0.29, 0.717) is 42.3 Å². The second-order valence-corrected chi connectivity index (χ2v) is 7.82. The molecule has 0 N–H and O–H groups in total. The van der Waals surface area contributed by atoms with Crippen molar-refractivity contribution >= 4 is 10.0 Å². The fourth-order valence-corrected chi connectivity index (χ4v) is 5.72. The predicted molar refractivity (Wildman–Crippen MR) is 80.1 cm³/mol. The van der Waals surface area contributed by atoms with Crippen molar-refractivity contribution < 1.29 is 17.9 Å². The van der Waals surface area contributed by atoms with Gasteiger partial charge in [0.25, 0.3) is 0 Å². The summed E-state index contributed by atoms with van der Waals surface area (Å²) in [5.74, 6) is 0. The first-order chi connectivity index (χ1) is 10.4. The van der Waals surface area contributed by atoms with E-state index in [1.807, 2.05) is 0 Å².